The number of hydrogen-bond acceptors (Lipinski definition) is 3. The fourth-order valence-electron chi connectivity index (χ4n) is 3.10. The van der Waals surface area contributed by atoms with Gasteiger partial charge in [0, 0.05) is 23.3 Å². The zero-order chi connectivity index (χ0) is 19.6. The maximum atomic E-state index is 13.3. The molecule has 0 saturated carbocycles. The van der Waals surface area contributed by atoms with E-state index < -0.39 is 4.92 Å². The molecule has 0 amide bonds. The maximum Gasteiger partial charge on any atom is 0.269 e. The van der Waals surface area contributed by atoms with Crippen molar-refractivity contribution in [2.45, 2.75) is 59.3 Å². The molecule has 0 heterocycles. The first-order valence-corrected chi connectivity index (χ1v) is 9.10. The van der Waals surface area contributed by atoms with Gasteiger partial charge in [-0.05, 0) is 46.6 Å². The van der Waals surface area contributed by atoms with Crippen LogP contribution in [0.15, 0.2) is 36.4 Å². The van der Waals surface area contributed by atoms with Gasteiger partial charge in [0.1, 0.15) is 0 Å². The molecule has 4 nitrogen and oxygen atoms in total. The lowest BCUT2D eigenvalue weighted by atomic mass is 9.81. The van der Waals surface area contributed by atoms with E-state index in [1.165, 1.54) is 17.7 Å². The molecule has 0 N–H and O–H groups in total. The van der Waals surface area contributed by atoms with Gasteiger partial charge in [-0.1, -0.05) is 53.7 Å². The summed E-state index contributed by atoms with van der Waals surface area (Å²) in [6.45, 7) is 12.7. The normalized spacial score (nSPS) is 11.4. The van der Waals surface area contributed by atoms with Crippen LogP contribution in [-0.4, -0.2) is 10.7 Å². The minimum absolute atomic E-state index is 0.00938. The van der Waals surface area contributed by atoms with E-state index in [0.29, 0.717) is 11.5 Å². The zero-order valence-electron chi connectivity index (χ0n) is 16.4. The van der Waals surface area contributed by atoms with Gasteiger partial charge in [-0.25, -0.2) is 0 Å². The highest BCUT2D eigenvalue weighted by atomic mass is 16.6. The first kappa shape index (κ1) is 19.8. The third-order valence-corrected chi connectivity index (χ3v) is 4.70. The molecule has 0 aromatic heterocycles. The van der Waals surface area contributed by atoms with Crippen molar-refractivity contribution >= 4 is 11.5 Å². The van der Waals surface area contributed by atoms with Crippen molar-refractivity contribution in [1.29, 1.82) is 0 Å². The number of rotatable bonds is 6. The second-order valence-corrected chi connectivity index (χ2v) is 7.67. The quantitative estimate of drug-likeness (QED) is 0.353. The Hall–Kier alpha value is -2.49. The van der Waals surface area contributed by atoms with Crippen molar-refractivity contribution < 1.29 is 9.72 Å². The fourth-order valence-corrected chi connectivity index (χ4v) is 3.10. The van der Waals surface area contributed by atoms with Crippen molar-refractivity contribution in [1.82, 2.24) is 0 Å². The molecule has 26 heavy (non-hydrogen) atoms. The molecule has 0 spiro atoms. The molecule has 0 radical (unpaired) electrons. The van der Waals surface area contributed by atoms with Crippen LogP contribution in [-0.2, 0) is 0 Å². The molecule has 0 unspecified atom stereocenters. The first-order chi connectivity index (χ1) is 12.1. The van der Waals surface area contributed by atoms with Crippen molar-refractivity contribution in [3.8, 4) is 0 Å². The summed E-state index contributed by atoms with van der Waals surface area (Å²) in [5, 5.41) is 10.9. The topological polar surface area (TPSA) is 60.2 Å². The van der Waals surface area contributed by atoms with Crippen LogP contribution in [0.4, 0.5) is 5.69 Å². The summed E-state index contributed by atoms with van der Waals surface area (Å²) in [7, 11) is 0. The molecule has 2 aromatic rings. The lowest BCUT2D eigenvalue weighted by Crippen LogP contribution is -2.13. The second-order valence-electron chi connectivity index (χ2n) is 7.67. The van der Waals surface area contributed by atoms with E-state index in [-0.39, 0.29) is 23.3 Å². The highest BCUT2D eigenvalue weighted by Crippen LogP contribution is 2.33. The lowest BCUT2D eigenvalue weighted by molar-refractivity contribution is -0.384. The number of ketones is 1. The summed E-state index contributed by atoms with van der Waals surface area (Å²) in [4.78, 5) is 23.7. The van der Waals surface area contributed by atoms with Crippen LogP contribution < -0.4 is 0 Å². The molecule has 138 valence electrons. The fraction of sp³-hybridized carbons (Fsp3) is 0.409. The largest absolute Gasteiger partial charge is 0.289 e. The van der Waals surface area contributed by atoms with Gasteiger partial charge in [0.25, 0.3) is 5.69 Å². The van der Waals surface area contributed by atoms with E-state index in [4.69, 9.17) is 0 Å². The van der Waals surface area contributed by atoms with E-state index in [1.807, 2.05) is 0 Å². The van der Waals surface area contributed by atoms with Gasteiger partial charge in [0.05, 0.1) is 4.92 Å². The smallest absolute Gasteiger partial charge is 0.269 e. The average Bonchev–Trinajstić information content (AvgIpc) is 2.59. The van der Waals surface area contributed by atoms with Gasteiger partial charge >= 0.3 is 0 Å². The van der Waals surface area contributed by atoms with E-state index in [2.05, 4.69) is 53.7 Å². The number of non-ortho nitro benzene ring substituents is 1. The van der Waals surface area contributed by atoms with Gasteiger partial charge in [-0.15, -0.1) is 0 Å². The van der Waals surface area contributed by atoms with Crippen LogP contribution in [0.1, 0.15) is 91.9 Å². The standard InChI is InChI=1S/C22H27NO3/c1-13(2)17-11-19(14(3)4)21(20(12-17)15(5)6)22(24)16-7-9-18(10-8-16)23(25)26/h7-15H,1-6H3. The van der Waals surface area contributed by atoms with E-state index in [1.54, 1.807) is 12.1 Å². The van der Waals surface area contributed by atoms with E-state index in [0.717, 1.165) is 16.7 Å². The van der Waals surface area contributed by atoms with Crippen LogP contribution in [0.3, 0.4) is 0 Å². The highest BCUT2D eigenvalue weighted by molar-refractivity contribution is 6.11. The number of carbonyl (C=O) groups is 1. The molecule has 2 rings (SSSR count). The average molecular weight is 353 g/mol. The molecule has 0 saturated heterocycles. The van der Waals surface area contributed by atoms with E-state index >= 15 is 0 Å². The Kier molecular flexibility index (Phi) is 5.96. The number of hydrogen-bond donors (Lipinski definition) is 0. The number of nitrogens with zero attached hydrogens (tertiary/aromatic N) is 1. The number of nitro benzene ring substituents is 1. The summed E-state index contributed by atoms with van der Waals surface area (Å²) < 4.78 is 0. The molecule has 2 aromatic carbocycles. The molecule has 0 aliphatic heterocycles. The number of carbonyl (C=O) groups excluding carboxylic acids is 1. The number of benzene rings is 2. The van der Waals surface area contributed by atoms with Crippen molar-refractivity contribution in [2.75, 3.05) is 0 Å². The molecule has 0 aliphatic rings. The Morgan fingerprint density at radius 2 is 1.31 bits per heavy atom. The van der Waals surface area contributed by atoms with Gasteiger partial charge in [0.2, 0.25) is 0 Å². The van der Waals surface area contributed by atoms with Crippen molar-refractivity contribution in [3.05, 3.63) is 74.3 Å². The Morgan fingerprint density at radius 3 is 1.65 bits per heavy atom. The van der Waals surface area contributed by atoms with Crippen LogP contribution in [0, 0.1) is 10.1 Å². The summed E-state index contributed by atoms with van der Waals surface area (Å²) in [5.74, 6) is 0.738. The second kappa shape index (κ2) is 7.81. The van der Waals surface area contributed by atoms with Crippen LogP contribution in [0.25, 0.3) is 0 Å². The van der Waals surface area contributed by atoms with E-state index in [9.17, 15) is 14.9 Å². The van der Waals surface area contributed by atoms with Gasteiger partial charge in [0.15, 0.2) is 5.78 Å². The third kappa shape index (κ3) is 4.01. The minimum Gasteiger partial charge on any atom is -0.289 e. The van der Waals surface area contributed by atoms with Crippen molar-refractivity contribution in [2.24, 2.45) is 0 Å². The predicted octanol–water partition coefficient (Wildman–Crippen LogP) is 6.20. The first-order valence-electron chi connectivity index (χ1n) is 9.10. The number of nitro groups is 1. The van der Waals surface area contributed by atoms with Crippen LogP contribution >= 0.6 is 0 Å². The molecular formula is C22H27NO3. The van der Waals surface area contributed by atoms with Gasteiger partial charge < -0.3 is 0 Å². The minimum atomic E-state index is -0.454. The summed E-state index contributed by atoms with van der Waals surface area (Å²) in [6, 6.07) is 10.1. The molecule has 4 heteroatoms. The third-order valence-electron chi connectivity index (χ3n) is 4.70. The predicted molar refractivity (Wildman–Crippen MR) is 105 cm³/mol. The summed E-state index contributed by atoms with van der Waals surface area (Å²) >= 11 is 0. The molecule has 0 atom stereocenters. The van der Waals surface area contributed by atoms with Gasteiger partial charge in [-0.3, -0.25) is 14.9 Å². The Bertz CT molecular complexity index is 789. The SMILES string of the molecule is CC(C)c1cc(C(C)C)c(C(=O)c2ccc([N+](=O)[O-])cc2)c(C(C)C)c1. The van der Waals surface area contributed by atoms with Crippen molar-refractivity contribution in [3.63, 3.8) is 0 Å². The Balaban J connectivity index is 2.65. The van der Waals surface area contributed by atoms with Gasteiger partial charge in [-0.2, -0.15) is 0 Å². The molecule has 0 bridgehead atoms. The zero-order valence-corrected chi connectivity index (χ0v) is 16.4. The highest BCUT2D eigenvalue weighted by Gasteiger charge is 2.23. The maximum absolute atomic E-state index is 13.3. The summed E-state index contributed by atoms with van der Waals surface area (Å²) in [5.41, 5.74) is 4.54. The summed E-state index contributed by atoms with van der Waals surface area (Å²) in [6.07, 6.45) is 0. The van der Waals surface area contributed by atoms with Crippen LogP contribution in [0.5, 0.6) is 0 Å². The lowest BCUT2D eigenvalue weighted by Gasteiger charge is -2.22. The molecule has 0 fully saturated rings. The molecule has 0 aliphatic carbocycles. The monoisotopic (exact) mass is 353 g/mol. The Labute approximate surface area is 155 Å². The Morgan fingerprint density at radius 1 is 0.846 bits per heavy atom. The van der Waals surface area contributed by atoms with Crippen LogP contribution in [0.2, 0.25) is 0 Å². The molecular weight excluding hydrogens is 326 g/mol.